The molecule has 0 fully saturated rings. The number of carbonyl (C=O) groups is 2. The fraction of sp³-hybridized carbons (Fsp3) is 0.167. The van der Waals surface area contributed by atoms with Gasteiger partial charge in [-0.1, -0.05) is 18.2 Å². The van der Waals surface area contributed by atoms with Gasteiger partial charge in [0.15, 0.2) is 18.2 Å². The van der Waals surface area contributed by atoms with Gasteiger partial charge in [0.1, 0.15) is 5.75 Å². The van der Waals surface area contributed by atoms with Gasteiger partial charge in [-0.3, -0.25) is 9.59 Å². The fourth-order valence-corrected chi connectivity index (χ4v) is 1.56. The van der Waals surface area contributed by atoms with Crippen LogP contribution in [-0.2, 0) is 9.59 Å². The van der Waals surface area contributed by atoms with Gasteiger partial charge in [-0.05, 0) is 19.1 Å². The van der Waals surface area contributed by atoms with E-state index in [0.29, 0.717) is 17.6 Å². The molecule has 0 amide bonds. The van der Waals surface area contributed by atoms with E-state index >= 15 is 0 Å². The third-order valence-corrected chi connectivity index (χ3v) is 2.32. The van der Waals surface area contributed by atoms with Crippen LogP contribution in [0.4, 0.5) is 0 Å². The van der Waals surface area contributed by atoms with E-state index in [4.69, 9.17) is 4.74 Å². The molecule has 0 aromatic heterocycles. The van der Waals surface area contributed by atoms with Crippen LogP contribution in [0.5, 0.6) is 5.75 Å². The Kier molecular flexibility index (Phi) is 2.37. The van der Waals surface area contributed by atoms with Crippen molar-refractivity contribution in [1.29, 1.82) is 0 Å². The van der Waals surface area contributed by atoms with Crippen molar-refractivity contribution in [3.05, 3.63) is 35.4 Å². The minimum absolute atomic E-state index is 0.137. The van der Waals surface area contributed by atoms with Crippen LogP contribution in [0.2, 0.25) is 0 Å². The smallest absolute Gasteiger partial charge is 0.182 e. The summed E-state index contributed by atoms with van der Waals surface area (Å²) in [6, 6.07) is 7.31. The maximum Gasteiger partial charge on any atom is 0.182 e. The largest absolute Gasteiger partial charge is 0.477 e. The van der Waals surface area contributed by atoms with Gasteiger partial charge in [0.2, 0.25) is 0 Å². The number of benzene rings is 1. The lowest BCUT2D eigenvalue weighted by molar-refractivity contribution is -0.118. The molecule has 1 atom stereocenters. The molecule has 0 bridgehead atoms. The average molecular weight is 202 g/mol. The summed E-state index contributed by atoms with van der Waals surface area (Å²) in [5, 5.41) is 0. The molecule has 0 aliphatic carbocycles. The van der Waals surface area contributed by atoms with Crippen LogP contribution in [0.3, 0.4) is 0 Å². The van der Waals surface area contributed by atoms with Crippen molar-refractivity contribution in [2.24, 2.45) is 0 Å². The van der Waals surface area contributed by atoms with Gasteiger partial charge in [-0.25, -0.2) is 0 Å². The summed E-state index contributed by atoms with van der Waals surface area (Å²) in [6.07, 6.45) is 1.58. The molecule has 1 unspecified atom stereocenters. The number of ether oxygens (including phenoxy) is 1. The maximum atomic E-state index is 11.3. The number of aldehydes is 1. The van der Waals surface area contributed by atoms with E-state index in [1.54, 1.807) is 12.1 Å². The molecular weight excluding hydrogens is 192 g/mol. The lowest BCUT2D eigenvalue weighted by Crippen LogP contribution is -2.27. The molecule has 1 aromatic rings. The van der Waals surface area contributed by atoms with Crippen molar-refractivity contribution in [3.63, 3.8) is 0 Å². The summed E-state index contributed by atoms with van der Waals surface area (Å²) in [5.41, 5.74) is 1.24. The second kappa shape index (κ2) is 3.69. The minimum atomic E-state index is -0.766. The van der Waals surface area contributed by atoms with Crippen LogP contribution >= 0.6 is 0 Å². The van der Waals surface area contributed by atoms with E-state index < -0.39 is 6.10 Å². The van der Waals surface area contributed by atoms with Crippen LogP contribution in [0.1, 0.15) is 12.5 Å². The summed E-state index contributed by atoms with van der Waals surface area (Å²) < 4.78 is 5.40. The number of ketones is 1. The second-order valence-corrected chi connectivity index (χ2v) is 3.37. The Balaban J connectivity index is 2.50. The molecule has 1 aliphatic rings. The highest BCUT2D eigenvalue weighted by atomic mass is 16.5. The zero-order valence-electron chi connectivity index (χ0n) is 8.27. The standard InChI is InChI=1S/C12H10O3/c1-8(14)10-6-9-4-2-3-5-11(9)15-12(10)7-13/h2-7,12H,1H3. The molecule has 1 heterocycles. The topological polar surface area (TPSA) is 43.4 Å². The zero-order chi connectivity index (χ0) is 10.8. The van der Waals surface area contributed by atoms with Gasteiger partial charge in [-0.15, -0.1) is 0 Å². The third kappa shape index (κ3) is 1.68. The second-order valence-electron chi connectivity index (χ2n) is 3.37. The predicted octanol–water partition coefficient (Wildman–Crippen LogP) is 1.62. The van der Waals surface area contributed by atoms with Crippen LogP contribution in [0, 0.1) is 0 Å². The molecule has 2 rings (SSSR count). The number of rotatable bonds is 2. The molecule has 0 saturated carbocycles. The summed E-state index contributed by atoms with van der Waals surface area (Å²) in [6.45, 7) is 1.43. The average Bonchev–Trinajstić information content (AvgIpc) is 2.27. The van der Waals surface area contributed by atoms with Crippen molar-refractivity contribution in [2.45, 2.75) is 13.0 Å². The Morgan fingerprint density at radius 3 is 2.80 bits per heavy atom. The van der Waals surface area contributed by atoms with Crippen LogP contribution in [0.15, 0.2) is 29.8 Å². The van der Waals surface area contributed by atoms with Crippen molar-refractivity contribution < 1.29 is 14.3 Å². The van der Waals surface area contributed by atoms with Gasteiger partial charge in [0.25, 0.3) is 0 Å². The van der Waals surface area contributed by atoms with E-state index in [9.17, 15) is 9.59 Å². The molecule has 0 spiro atoms. The third-order valence-electron chi connectivity index (χ3n) is 2.32. The molecule has 1 aromatic carbocycles. The Hall–Kier alpha value is -1.90. The summed E-state index contributed by atoms with van der Waals surface area (Å²) in [5.74, 6) is 0.501. The Morgan fingerprint density at radius 2 is 2.13 bits per heavy atom. The SMILES string of the molecule is CC(=O)C1=Cc2ccccc2OC1C=O. The molecule has 3 heteroatoms. The monoisotopic (exact) mass is 202 g/mol. The lowest BCUT2D eigenvalue weighted by atomic mass is 10.00. The van der Waals surface area contributed by atoms with Crippen molar-refractivity contribution in [3.8, 4) is 5.75 Å². The Morgan fingerprint density at radius 1 is 1.40 bits per heavy atom. The number of hydrogen-bond donors (Lipinski definition) is 0. The van der Waals surface area contributed by atoms with E-state index in [-0.39, 0.29) is 5.78 Å². The molecule has 0 saturated heterocycles. The summed E-state index contributed by atoms with van der Waals surface area (Å²) >= 11 is 0. The molecule has 15 heavy (non-hydrogen) atoms. The summed E-state index contributed by atoms with van der Waals surface area (Å²) in [4.78, 5) is 22.0. The van der Waals surface area contributed by atoms with Gasteiger partial charge < -0.3 is 4.74 Å². The number of carbonyl (C=O) groups excluding carboxylic acids is 2. The van der Waals surface area contributed by atoms with E-state index in [0.717, 1.165) is 5.56 Å². The molecule has 3 nitrogen and oxygen atoms in total. The number of fused-ring (bicyclic) bond motifs is 1. The van der Waals surface area contributed by atoms with Gasteiger partial charge in [0, 0.05) is 11.1 Å². The highest BCUT2D eigenvalue weighted by Gasteiger charge is 2.24. The minimum Gasteiger partial charge on any atom is -0.477 e. The number of para-hydroxylation sites is 1. The van der Waals surface area contributed by atoms with Crippen LogP contribution in [0.25, 0.3) is 6.08 Å². The van der Waals surface area contributed by atoms with Crippen LogP contribution < -0.4 is 4.74 Å². The highest BCUT2D eigenvalue weighted by molar-refractivity contribution is 6.03. The molecular formula is C12H10O3. The van der Waals surface area contributed by atoms with Gasteiger partial charge in [0.05, 0.1) is 0 Å². The lowest BCUT2D eigenvalue weighted by Gasteiger charge is -2.21. The van der Waals surface area contributed by atoms with Gasteiger partial charge >= 0.3 is 0 Å². The first-order valence-corrected chi connectivity index (χ1v) is 4.66. The predicted molar refractivity (Wildman–Crippen MR) is 55.6 cm³/mol. The van der Waals surface area contributed by atoms with Crippen molar-refractivity contribution >= 4 is 18.1 Å². The van der Waals surface area contributed by atoms with Crippen molar-refractivity contribution in [1.82, 2.24) is 0 Å². The van der Waals surface area contributed by atoms with E-state index in [1.807, 2.05) is 18.2 Å². The first-order chi connectivity index (χ1) is 7.22. The molecule has 0 radical (unpaired) electrons. The molecule has 76 valence electrons. The highest BCUT2D eigenvalue weighted by Crippen LogP contribution is 2.28. The van der Waals surface area contributed by atoms with Crippen LogP contribution in [-0.4, -0.2) is 18.2 Å². The molecule has 1 aliphatic heterocycles. The first-order valence-electron chi connectivity index (χ1n) is 4.66. The number of hydrogen-bond acceptors (Lipinski definition) is 3. The Labute approximate surface area is 87.4 Å². The van der Waals surface area contributed by atoms with Gasteiger partial charge in [-0.2, -0.15) is 0 Å². The Bertz CT molecular complexity index is 446. The number of Topliss-reactive ketones (excluding diaryl/α,β-unsaturated/α-hetero) is 1. The molecule has 0 N–H and O–H groups in total. The quantitative estimate of drug-likeness (QED) is 0.684. The van der Waals surface area contributed by atoms with E-state index in [2.05, 4.69) is 0 Å². The van der Waals surface area contributed by atoms with E-state index in [1.165, 1.54) is 6.92 Å². The normalized spacial score (nSPS) is 18.5. The first kappa shape index (κ1) is 9.65. The summed E-state index contributed by atoms with van der Waals surface area (Å²) in [7, 11) is 0. The fourth-order valence-electron chi connectivity index (χ4n) is 1.56. The van der Waals surface area contributed by atoms with Crippen molar-refractivity contribution in [2.75, 3.05) is 0 Å². The maximum absolute atomic E-state index is 11.3. The zero-order valence-corrected chi connectivity index (χ0v) is 8.27.